The molecule has 0 spiro atoms. The summed E-state index contributed by atoms with van der Waals surface area (Å²) >= 11 is 0. The molecule has 0 saturated heterocycles. The number of carboxylic acids is 2. The second kappa shape index (κ2) is 18.3. The summed E-state index contributed by atoms with van der Waals surface area (Å²) in [7, 11) is 4.06. The van der Waals surface area contributed by atoms with Crippen LogP contribution in [0.25, 0.3) is 23.3 Å². The van der Waals surface area contributed by atoms with Crippen molar-refractivity contribution in [2.24, 2.45) is 0 Å². The van der Waals surface area contributed by atoms with Gasteiger partial charge in [0.2, 0.25) is 0 Å². The first-order chi connectivity index (χ1) is 24.2. The molecular weight excluding hydrogens is 628 g/mol. The number of ether oxygens (including phenoxy) is 2. The third kappa shape index (κ3) is 10.6. The highest BCUT2D eigenvalue weighted by atomic mass is 16.5. The standard InChI is InChI=1S/2C19H17NO.C4H4O4/c2*1-3-12-20(2)14-16-13-15-8-4-6-10-18(15)21-19-11-7-5-9-17(16)19;5-3(6)1-2-4(7)8/h2*1,4-11,13H,12,14H2,2H3;1-2H,(H,5,6)(H,7,8). The van der Waals surface area contributed by atoms with Gasteiger partial charge >= 0.3 is 11.9 Å². The molecule has 252 valence electrons. The Morgan fingerprint density at radius 2 is 0.940 bits per heavy atom. The lowest BCUT2D eigenvalue weighted by atomic mass is 10.0. The van der Waals surface area contributed by atoms with Crippen molar-refractivity contribution in [3.63, 3.8) is 0 Å². The lowest BCUT2D eigenvalue weighted by molar-refractivity contribution is -0.134. The Morgan fingerprint density at radius 3 is 1.30 bits per heavy atom. The SMILES string of the molecule is C#CCN(C)CC1=Cc2ccccc2Oc2ccccc21.C#CCN(C)CC1=Cc2ccccc2Oc2ccccc21.O=C(O)C=CC(=O)O. The van der Waals surface area contributed by atoms with Gasteiger partial charge in [0.1, 0.15) is 23.0 Å². The van der Waals surface area contributed by atoms with Crippen molar-refractivity contribution in [1.82, 2.24) is 9.80 Å². The number of fused-ring (bicyclic) bond motifs is 4. The van der Waals surface area contributed by atoms with Gasteiger partial charge in [0.15, 0.2) is 0 Å². The highest BCUT2D eigenvalue weighted by Crippen LogP contribution is 2.39. The first-order valence-electron chi connectivity index (χ1n) is 15.7. The molecular formula is C42H38N2O6. The van der Waals surface area contributed by atoms with Crippen LogP contribution in [0, 0.1) is 24.7 Å². The Morgan fingerprint density at radius 1 is 0.600 bits per heavy atom. The monoisotopic (exact) mass is 666 g/mol. The molecule has 2 aliphatic rings. The van der Waals surface area contributed by atoms with E-state index in [1.807, 2.05) is 86.9 Å². The van der Waals surface area contributed by atoms with E-state index in [1.54, 1.807) is 0 Å². The molecule has 0 fully saturated rings. The molecule has 0 aromatic heterocycles. The molecule has 8 nitrogen and oxygen atoms in total. The van der Waals surface area contributed by atoms with Crippen molar-refractivity contribution in [2.75, 3.05) is 40.3 Å². The zero-order valence-corrected chi connectivity index (χ0v) is 28.0. The predicted octanol–water partition coefficient (Wildman–Crippen LogP) is 7.51. The average molecular weight is 667 g/mol. The van der Waals surface area contributed by atoms with Crippen LogP contribution in [0.1, 0.15) is 22.3 Å². The Balaban J connectivity index is 0.000000186. The number of hydrogen-bond donors (Lipinski definition) is 2. The van der Waals surface area contributed by atoms with Crippen molar-refractivity contribution >= 4 is 35.2 Å². The Bertz CT molecular complexity index is 1850. The highest BCUT2D eigenvalue weighted by Gasteiger charge is 2.18. The summed E-state index contributed by atoms with van der Waals surface area (Å²) in [4.78, 5) is 23.4. The maximum absolute atomic E-state index is 9.55. The van der Waals surface area contributed by atoms with Gasteiger partial charge in [-0.3, -0.25) is 9.80 Å². The minimum absolute atomic E-state index is 0.558. The van der Waals surface area contributed by atoms with Crippen molar-refractivity contribution in [1.29, 1.82) is 0 Å². The van der Waals surface area contributed by atoms with E-state index in [0.717, 1.165) is 58.3 Å². The van der Waals surface area contributed by atoms with Gasteiger partial charge in [0.05, 0.1) is 13.1 Å². The summed E-state index contributed by atoms with van der Waals surface area (Å²) in [5, 5.41) is 15.6. The smallest absolute Gasteiger partial charge is 0.328 e. The van der Waals surface area contributed by atoms with Gasteiger partial charge in [-0.2, -0.15) is 0 Å². The molecule has 0 unspecified atom stereocenters. The number of para-hydroxylation sites is 4. The molecule has 4 aromatic rings. The zero-order chi connectivity index (χ0) is 35.9. The number of hydrogen-bond acceptors (Lipinski definition) is 6. The van der Waals surface area contributed by atoms with Gasteiger partial charge in [-0.15, -0.1) is 12.8 Å². The number of likely N-dealkylation sites (N-methyl/N-ethyl adjacent to an activating group) is 2. The number of aliphatic carboxylic acids is 2. The first-order valence-corrected chi connectivity index (χ1v) is 15.7. The number of carbonyl (C=O) groups is 2. The van der Waals surface area contributed by atoms with Crippen LogP contribution in [-0.2, 0) is 9.59 Å². The number of nitrogens with zero attached hydrogens (tertiary/aromatic N) is 2. The average Bonchev–Trinajstić information content (AvgIpc) is 3.35. The summed E-state index contributed by atoms with van der Waals surface area (Å²) in [5.74, 6) is 6.41. The first kappa shape index (κ1) is 36.5. The highest BCUT2D eigenvalue weighted by molar-refractivity contribution is 5.90. The number of rotatable bonds is 8. The molecule has 0 radical (unpaired) electrons. The normalized spacial score (nSPS) is 12.0. The van der Waals surface area contributed by atoms with E-state index in [1.165, 1.54) is 11.1 Å². The van der Waals surface area contributed by atoms with Crippen LogP contribution in [0.3, 0.4) is 0 Å². The Hall–Kier alpha value is -6.32. The number of carboxylic acid groups (broad SMARTS) is 2. The minimum atomic E-state index is -1.26. The summed E-state index contributed by atoms with van der Waals surface area (Å²) in [5.41, 5.74) is 6.87. The summed E-state index contributed by atoms with van der Waals surface area (Å²) in [6.07, 6.45) is 16.3. The van der Waals surface area contributed by atoms with Gasteiger partial charge < -0.3 is 19.7 Å². The lowest BCUT2D eigenvalue weighted by Gasteiger charge is -2.17. The molecule has 2 aliphatic heterocycles. The molecule has 0 amide bonds. The largest absolute Gasteiger partial charge is 0.478 e. The quantitative estimate of drug-likeness (QED) is 0.147. The van der Waals surface area contributed by atoms with Crippen LogP contribution in [0.4, 0.5) is 0 Å². The van der Waals surface area contributed by atoms with Crippen molar-refractivity contribution < 1.29 is 29.3 Å². The van der Waals surface area contributed by atoms with Crippen LogP contribution < -0.4 is 9.47 Å². The molecule has 0 saturated carbocycles. The topological polar surface area (TPSA) is 99.5 Å². The molecule has 0 atom stereocenters. The van der Waals surface area contributed by atoms with E-state index in [0.29, 0.717) is 25.2 Å². The Labute approximate surface area is 293 Å². The molecule has 50 heavy (non-hydrogen) atoms. The maximum atomic E-state index is 9.55. The summed E-state index contributed by atoms with van der Waals surface area (Å²) in [6, 6.07) is 32.4. The van der Waals surface area contributed by atoms with Crippen LogP contribution in [0.2, 0.25) is 0 Å². The van der Waals surface area contributed by atoms with Crippen molar-refractivity contribution in [3.05, 3.63) is 131 Å². The molecule has 0 aliphatic carbocycles. The van der Waals surface area contributed by atoms with E-state index in [-0.39, 0.29) is 0 Å². The van der Waals surface area contributed by atoms with Gasteiger partial charge in [-0.1, -0.05) is 84.6 Å². The fourth-order valence-corrected chi connectivity index (χ4v) is 5.20. The fraction of sp³-hybridized carbons (Fsp3) is 0.143. The fourth-order valence-electron chi connectivity index (χ4n) is 5.20. The van der Waals surface area contributed by atoms with Crippen LogP contribution >= 0.6 is 0 Å². The summed E-state index contributed by atoms with van der Waals surface area (Å²) < 4.78 is 12.1. The lowest BCUT2D eigenvalue weighted by Crippen LogP contribution is -2.20. The molecule has 2 heterocycles. The number of benzene rings is 4. The van der Waals surface area contributed by atoms with E-state index in [2.05, 4.69) is 58.1 Å². The van der Waals surface area contributed by atoms with Crippen LogP contribution in [-0.4, -0.2) is 72.2 Å². The van der Waals surface area contributed by atoms with Crippen LogP contribution in [0.15, 0.2) is 109 Å². The van der Waals surface area contributed by atoms with Gasteiger partial charge in [-0.25, -0.2) is 9.59 Å². The molecule has 0 bridgehead atoms. The Kier molecular flexibility index (Phi) is 13.4. The third-order valence-corrected chi connectivity index (χ3v) is 7.37. The second-order valence-corrected chi connectivity index (χ2v) is 11.4. The second-order valence-electron chi connectivity index (χ2n) is 11.4. The predicted molar refractivity (Wildman–Crippen MR) is 199 cm³/mol. The van der Waals surface area contributed by atoms with Gasteiger partial charge in [-0.05, 0) is 61.7 Å². The van der Waals surface area contributed by atoms with E-state index >= 15 is 0 Å². The van der Waals surface area contributed by atoms with Crippen molar-refractivity contribution in [2.45, 2.75) is 0 Å². The van der Waals surface area contributed by atoms with E-state index < -0.39 is 11.9 Å². The molecule has 6 rings (SSSR count). The molecule has 8 heteroatoms. The molecule has 4 aromatic carbocycles. The van der Waals surface area contributed by atoms with Gasteiger partial charge in [0.25, 0.3) is 0 Å². The molecule has 2 N–H and O–H groups in total. The number of terminal acetylenes is 2. The van der Waals surface area contributed by atoms with E-state index in [9.17, 15) is 9.59 Å². The maximum Gasteiger partial charge on any atom is 0.328 e. The zero-order valence-electron chi connectivity index (χ0n) is 28.0. The third-order valence-electron chi connectivity index (χ3n) is 7.37. The summed E-state index contributed by atoms with van der Waals surface area (Å²) in [6.45, 7) is 2.84. The van der Waals surface area contributed by atoms with Gasteiger partial charge in [0, 0.05) is 47.5 Å². The van der Waals surface area contributed by atoms with E-state index in [4.69, 9.17) is 32.5 Å². The van der Waals surface area contributed by atoms with Crippen molar-refractivity contribution in [3.8, 4) is 47.7 Å². The van der Waals surface area contributed by atoms with Crippen LogP contribution in [0.5, 0.6) is 23.0 Å². The minimum Gasteiger partial charge on any atom is -0.478 e.